The van der Waals surface area contributed by atoms with E-state index in [1.54, 1.807) is 0 Å². The van der Waals surface area contributed by atoms with Gasteiger partial charge in [0.15, 0.2) is 12.4 Å². The Morgan fingerprint density at radius 1 is 0.326 bits per heavy atom. The SMILES string of the molecule is CC/C=C\C/C=C\C/C=C\C/C=C\C/C=C\C/C=C\C/C=C\C/C=C\CCCCCCCCCCCCCCCCCCC(=O)OC(COC(=O)CCCCCCCCCCCCCCCCCCC/C=C\C/C=C\CCCCCCC)COC(OCC[N+](C)(C)C)C(=O)[O-]. The molecule has 9 heteroatoms. The maximum Gasteiger partial charge on any atom is 0.306 e. The highest BCUT2D eigenvalue weighted by Gasteiger charge is 2.22. The normalized spacial score (nSPS) is 13.3. The lowest BCUT2D eigenvalue weighted by atomic mass is 10.0. The fourth-order valence-electron chi connectivity index (χ4n) is 11.2. The van der Waals surface area contributed by atoms with Gasteiger partial charge in [0.2, 0.25) is 0 Å². The van der Waals surface area contributed by atoms with Gasteiger partial charge in [0.1, 0.15) is 13.2 Å². The summed E-state index contributed by atoms with van der Waals surface area (Å²) in [5.41, 5.74) is 0. The first-order chi connectivity index (χ1) is 46.6. The van der Waals surface area contributed by atoms with Crippen LogP contribution in [0, 0.1) is 0 Å². The summed E-state index contributed by atoms with van der Waals surface area (Å²) in [6.45, 7) is 4.66. The van der Waals surface area contributed by atoms with Gasteiger partial charge in [0, 0.05) is 12.8 Å². The van der Waals surface area contributed by atoms with Crippen LogP contribution in [-0.2, 0) is 33.3 Å². The molecular weight excluding hydrogens is 1170 g/mol. The standard InChI is InChI=1S/C86H149NO8/c1-6-8-10-12-14-16-18-20-22-24-26-28-30-32-34-36-37-38-39-40-41-42-43-44-45-46-47-49-51-53-55-57-59-61-63-65-67-69-71-73-75-77-84(89)95-82(81-94-86(85(90)91)92-79-78-87(3,4)5)80-93-83(88)76-74-72-70-68-66-64-62-60-58-56-54-52-50-48-35-33-31-29-27-25-23-21-19-17-15-13-11-9-7-2/h8,10,14,16,19-22,25-28,32,34,37-38,40-41,43-44,82,86H,6-7,9,11-13,15,17-18,23-24,29-31,33,35-36,39,42,45-81H2,1-5H3/b10-8-,16-14-,21-19-,22-20-,27-25-,28-26-,34-32-,38-37-,41-40-,44-43-. The van der Waals surface area contributed by atoms with Crippen molar-refractivity contribution in [2.24, 2.45) is 0 Å². The number of aliphatic carboxylic acids is 1. The van der Waals surface area contributed by atoms with Crippen molar-refractivity contribution in [3.8, 4) is 0 Å². The zero-order chi connectivity index (χ0) is 69.0. The van der Waals surface area contributed by atoms with E-state index < -0.39 is 24.3 Å². The Kier molecular flexibility index (Phi) is 72.0. The lowest BCUT2D eigenvalue weighted by Gasteiger charge is -2.26. The van der Waals surface area contributed by atoms with Crippen LogP contribution in [0.1, 0.15) is 348 Å². The minimum absolute atomic E-state index is 0.146. The van der Waals surface area contributed by atoms with Crippen molar-refractivity contribution in [3.05, 3.63) is 122 Å². The molecule has 0 radical (unpaired) electrons. The molecule has 0 N–H and O–H groups in total. The minimum Gasteiger partial charge on any atom is -0.545 e. The van der Waals surface area contributed by atoms with Crippen molar-refractivity contribution in [2.45, 2.75) is 360 Å². The number of hydrogen-bond donors (Lipinski definition) is 0. The van der Waals surface area contributed by atoms with Crippen LogP contribution in [0.25, 0.3) is 0 Å². The quantitative estimate of drug-likeness (QED) is 0.0195. The van der Waals surface area contributed by atoms with Crippen LogP contribution in [0.15, 0.2) is 122 Å². The van der Waals surface area contributed by atoms with Gasteiger partial charge in [-0.3, -0.25) is 9.59 Å². The number of quaternary nitrogens is 1. The Labute approximate surface area is 587 Å². The minimum atomic E-state index is -1.63. The highest BCUT2D eigenvalue weighted by molar-refractivity contribution is 5.70. The molecule has 2 atom stereocenters. The highest BCUT2D eigenvalue weighted by Crippen LogP contribution is 2.18. The Bertz CT molecular complexity index is 1980. The largest absolute Gasteiger partial charge is 0.545 e. The Balaban J connectivity index is 4.03. The molecule has 0 heterocycles. The van der Waals surface area contributed by atoms with Crippen molar-refractivity contribution in [2.75, 3.05) is 47.5 Å². The number of carbonyl (C=O) groups excluding carboxylic acids is 3. The lowest BCUT2D eigenvalue weighted by molar-refractivity contribution is -0.870. The number of allylic oxidation sites excluding steroid dienone is 20. The molecule has 0 fully saturated rings. The Morgan fingerprint density at radius 3 is 0.895 bits per heavy atom. The van der Waals surface area contributed by atoms with Gasteiger partial charge in [-0.25, -0.2) is 0 Å². The Morgan fingerprint density at radius 2 is 0.600 bits per heavy atom. The molecule has 2 unspecified atom stereocenters. The van der Waals surface area contributed by atoms with E-state index in [9.17, 15) is 19.5 Å². The number of nitrogens with zero attached hydrogens (tertiary/aromatic N) is 1. The van der Waals surface area contributed by atoms with Gasteiger partial charge in [-0.05, 0) is 109 Å². The van der Waals surface area contributed by atoms with Crippen LogP contribution in [0.5, 0.6) is 0 Å². The van der Waals surface area contributed by atoms with Crippen molar-refractivity contribution in [1.82, 2.24) is 0 Å². The van der Waals surface area contributed by atoms with Crippen molar-refractivity contribution in [3.63, 3.8) is 0 Å². The van der Waals surface area contributed by atoms with Crippen molar-refractivity contribution in [1.29, 1.82) is 0 Å². The molecule has 0 aromatic heterocycles. The van der Waals surface area contributed by atoms with E-state index in [2.05, 4.69) is 135 Å². The third kappa shape index (κ3) is 76.9. The number of ether oxygens (including phenoxy) is 4. The fraction of sp³-hybridized carbons (Fsp3) is 0.733. The average Bonchev–Trinajstić information content (AvgIpc) is 3.54. The first kappa shape index (κ1) is 90.7. The Hall–Kier alpha value is -4.31. The van der Waals surface area contributed by atoms with E-state index in [0.29, 0.717) is 23.9 Å². The number of carboxylic acid groups (broad SMARTS) is 1. The van der Waals surface area contributed by atoms with Crippen LogP contribution >= 0.6 is 0 Å². The van der Waals surface area contributed by atoms with E-state index >= 15 is 0 Å². The predicted molar refractivity (Wildman–Crippen MR) is 407 cm³/mol. The summed E-state index contributed by atoms with van der Waals surface area (Å²) >= 11 is 0. The summed E-state index contributed by atoms with van der Waals surface area (Å²) in [5, 5.41) is 11.9. The molecule has 0 bridgehead atoms. The van der Waals surface area contributed by atoms with Gasteiger partial charge in [0.05, 0.1) is 40.3 Å². The molecule has 0 aliphatic heterocycles. The number of hydrogen-bond acceptors (Lipinski definition) is 8. The molecule has 546 valence electrons. The fourth-order valence-corrected chi connectivity index (χ4v) is 11.2. The number of rotatable bonds is 73. The summed E-state index contributed by atoms with van der Waals surface area (Å²) in [7, 11) is 5.94. The summed E-state index contributed by atoms with van der Waals surface area (Å²) < 4.78 is 22.9. The molecule has 0 saturated heterocycles. The summed E-state index contributed by atoms with van der Waals surface area (Å²) in [6, 6.07) is 0. The van der Waals surface area contributed by atoms with Gasteiger partial charge in [-0.1, -0.05) is 347 Å². The average molecular weight is 1330 g/mol. The van der Waals surface area contributed by atoms with Crippen LogP contribution in [0.4, 0.5) is 0 Å². The van der Waals surface area contributed by atoms with Crippen LogP contribution < -0.4 is 5.11 Å². The molecular formula is C86H149NO8. The topological polar surface area (TPSA) is 111 Å². The van der Waals surface area contributed by atoms with Crippen LogP contribution in [-0.4, -0.2) is 82.3 Å². The van der Waals surface area contributed by atoms with Gasteiger partial charge in [-0.15, -0.1) is 0 Å². The summed E-state index contributed by atoms with van der Waals surface area (Å²) in [6.07, 6.45) is 105. The number of carbonyl (C=O) groups is 3. The van der Waals surface area contributed by atoms with Crippen LogP contribution in [0.2, 0.25) is 0 Å². The molecule has 0 aromatic rings. The molecule has 0 saturated carbocycles. The predicted octanol–water partition coefficient (Wildman–Crippen LogP) is 24.1. The highest BCUT2D eigenvalue weighted by atomic mass is 16.7. The third-order valence-corrected chi connectivity index (χ3v) is 17.2. The molecule has 0 aliphatic rings. The smallest absolute Gasteiger partial charge is 0.306 e. The zero-order valence-corrected chi connectivity index (χ0v) is 62.5. The molecule has 0 rings (SSSR count). The van der Waals surface area contributed by atoms with Gasteiger partial charge in [-0.2, -0.15) is 0 Å². The van der Waals surface area contributed by atoms with Gasteiger partial charge >= 0.3 is 11.9 Å². The number of esters is 2. The second-order valence-electron chi connectivity index (χ2n) is 27.6. The summed E-state index contributed by atoms with van der Waals surface area (Å²) in [4.78, 5) is 37.6. The lowest BCUT2D eigenvalue weighted by Crippen LogP contribution is -2.44. The first-order valence-electron chi connectivity index (χ1n) is 39.7. The molecule has 0 spiro atoms. The van der Waals surface area contributed by atoms with Crippen LogP contribution in [0.3, 0.4) is 0 Å². The molecule has 95 heavy (non-hydrogen) atoms. The second kappa shape index (κ2) is 75.5. The second-order valence-corrected chi connectivity index (χ2v) is 27.6. The first-order valence-corrected chi connectivity index (χ1v) is 39.7. The van der Waals surface area contributed by atoms with Crippen molar-refractivity contribution < 1.29 is 42.9 Å². The third-order valence-electron chi connectivity index (χ3n) is 17.2. The van der Waals surface area contributed by atoms with Gasteiger partial charge < -0.3 is 33.3 Å². The molecule has 0 aromatic carbocycles. The van der Waals surface area contributed by atoms with E-state index in [1.807, 2.05) is 21.1 Å². The van der Waals surface area contributed by atoms with E-state index in [1.165, 1.54) is 218 Å². The monoisotopic (exact) mass is 1320 g/mol. The van der Waals surface area contributed by atoms with Crippen molar-refractivity contribution >= 4 is 17.9 Å². The van der Waals surface area contributed by atoms with Gasteiger partial charge in [0.25, 0.3) is 0 Å². The summed E-state index contributed by atoms with van der Waals surface area (Å²) in [5.74, 6) is -2.27. The molecule has 0 aliphatic carbocycles. The molecule has 9 nitrogen and oxygen atoms in total. The van der Waals surface area contributed by atoms with E-state index in [4.69, 9.17) is 18.9 Å². The zero-order valence-electron chi connectivity index (χ0n) is 62.5. The number of carboxylic acids is 1. The molecule has 0 amide bonds. The number of likely N-dealkylation sites (N-methyl/N-ethyl adjacent to an activating group) is 1. The number of unbranched alkanes of at least 4 members (excludes halogenated alkanes) is 38. The maximum atomic E-state index is 13.0. The van der Waals surface area contributed by atoms with E-state index in [-0.39, 0.29) is 32.2 Å². The van der Waals surface area contributed by atoms with E-state index in [0.717, 1.165) is 96.3 Å². The maximum absolute atomic E-state index is 13.0.